The molecule has 0 amide bonds. The molecule has 1 unspecified atom stereocenters. The van der Waals surface area contributed by atoms with Crippen LogP contribution >= 0.6 is 31.9 Å². The molecule has 1 nitrogen and oxygen atoms in total. The van der Waals surface area contributed by atoms with Gasteiger partial charge in [0.25, 0.3) is 0 Å². The van der Waals surface area contributed by atoms with E-state index in [2.05, 4.69) is 106 Å². The molecule has 0 aromatic heterocycles. The second-order valence-corrected chi connectivity index (χ2v) is 7.51. The number of nitrogens with one attached hydrogen (secondary N) is 1. The van der Waals surface area contributed by atoms with Crippen LogP contribution in [0.3, 0.4) is 0 Å². The second kappa shape index (κ2) is 7.08. The molecule has 0 spiro atoms. The van der Waals surface area contributed by atoms with E-state index >= 15 is 0 Å². The molecule has 0 aliphatic heterocycles. The van der Waals surface area contributed by atoms with E-state index in [0.717, 1.165) is 15.5 Å². The molecule has 2 rings (SSSR count). The minimum atomic E-state index is -0.0133. The maximum Gasteiger partial charge on any atom is 0.0424 e. The molecule has 21 heavy (non-hydrogen) atoms. The normalized spacial score (nSPS) is 13.2. The third-order valence-electron chi connectivity index (χ3n) is 3.92. The Morgan fingerprint density at radius 3 is 2.33 bits per heavy atom. The van der Waals surface area contributed by atoms with Crippen LogP contribution in [-0.2, 0) is 5.41 Å². The van der Waals surface area contributed by atoms with Crippen molar-refractivity contribution in [3.05, 3.63) is 68.6 Å². The molecule has 2 aromatic carbocycles. The maximum absolute atomic E-state index is 3.71. The molecular weight excluding hydrogens is 390 g/mol. The number of likely N-dealkylation sites (N-methyl/N-ethyl adjacent to an activating group) is 1. The van der Waals surface area contributed by atoms with Gasteiger partial charge in [0.2, 0.25) is 0 Å². The Labute approximate surface area is 144 Å². The van der Waals surface area contributed by atoms with Gasteiger partial charge in [-0.2, -0.15) is 0 Å². The molecule has 0 saturated heterocycles. The lowest BCUT2D eigenvalue weighted by Crippen LogP contribution is -2.37. The lowest BCUT2D eigenvalue weighted by atomic mass is 9.75. The zero-order valence-corrected chi connectivity index (χ0v) is 15.8. The first-order valence-electron chi connectivity index (χ1n) is 7.20. The summed E-state index contributed by atoms with van der Waals surface area (Å²) < 4.78 is 2.24. The highest BCUT2D eigenvalue weighted by Crippen LogP contribution is 2.40. The first-order chi connectivity index (χ1) is 9.96. The van der Waals surface area contributed by atoms with Gasteiger partial charge in [0.15, 0.2) is 0 Å². The standard InChI is InChI=1S/C18H21Br2N/c1-4-21-17(15-12-14(19)10-11-16(15)20)18(2,3)13-8-6-5-7-9-13/h5-12,17,21H,4H2,1-3H3. The van der Waals surface area contributed by atoms with Gasteiger partial charge >= 0.3 is 0 Å². The van der Waals surface area contributed by atoms with Crippen molar-refractivity contribution in [2.45, 2.75) is 32.2 Å². The monoisotopic (exact) mass is 409 g/mol. The van der Waals surface area contributed by atoms with Crippen molar-refractivity contribution in [1.29, 1.82) is 0 Å². The maximum atomic E-state index is 3.71. The minimum Gasteiger partial charge on any atom is -0.309 e. The Bertz CT molecular complexity index is 593. The van der Waals surface area contributed by atoms with Gasteiger partial charge in [-0.25, -0.2) is 0 Å². The number of rotatable bonds is 5. The Hall–Kier alpha value is -0.640. The van der Waals surface area contributed by atoms with Crippen molar-refractivity contribution in [2.24, 2.45) is 0 Å². The van der Waals surface area contributed by atoms with Gasteiger partial charge in [-0.1, -0.05) is 83.0 Å². The van der Waals surface area contributed by atoms with Crippen LogP contribution in [0.25, 0.3) is 0 Å². The highest BCUT2D eigenvalue weighted by molar-refractivity contribution is 9.11. The Kier molecular flexibility index (Phi) is 5.64. The third kappa shape index (κ3) is 3.77. The van der Waals surface area contributed by atoms with Crippen molar-refractivity contribution in [3.63, 3.8) is 0 Å². The van der Waals surface area contributed by atoms with E-state index in [1.54, 1.807) is 0 Å². The molecule has 0 radical (unpaired) electrons. The summed E-state index contributed by atoms with van der Waals surface area (Å²) >= 11 is 7.30. The molecule has 0 heterocycles. The van der Waals surface area contributed by atoms with E-state index < -0.39 is 0 Å². The molecule has 0 fully saturated rings. The molecule has 1 N–H and O–H groups in total. The third-order valence-corrected chi connectivity index (χ3v) is 5.13. The Morgan fingerprint density at radius 2 is 1.71 bits per heavy atom. The van der Waals surface area contributed by atoms with Gasteiger partial charge in [-0.15, -0.1) is 0 Å². The quantitative estimate of drug-likeness (QED) is 0.652. The zero-order chi connectivity index (χ0) is 15.5. The van der Waals surface area contributed by atoms with Crippen molar-refractivity contribution in [1.82, 2.24) is 5.32 Å². The summed E-state index contributed by atoms with van der Waals surface area (Å²) in [6.07, 6.45) is 0. The lowest BCUT2D eigenvalue weighted by Gasteiger charge is -2.36. The van der Waals surface area contributed by atoms with E-state index in [4.69, 9.17) is 0 Å². The van der Waals surface area contributed by atoms with E-state index in [1.807, 2.05) is 0 Å². The Morgan fingerprint density at radius 1 is 1.05 bits per heavy atom. The van der Waals surface area contributed by atoms with E-state index in [1.165, 1.54) is 11.1 Å². The van der Waals surface area contributed by atoms with Crippen molar-refractivity contribution in [3.8, 4) is 0 Å². The molecule has 0 aliphatic rings. The summed E-state index contributed by atoms with van der Waals surface area (Å²) in [5, 5.41) is 3.65. The van der Waals surface area contributed by atoms with Gasteiger partial charge < -0.3 is 5.32 Å². The van der Waals surface area contributed by atoms with Crippen LogP contribution in [0.5, 0.6) is 0 Å². The number of hydrogen-bond acceptors (Lipinski definition) is 1. The fourth-order valence-electron chi connectivity index (χ4n) is 2.73. The highest BCUT2D eigenvalue weighted by Gasteiger charge is 2.33. The Balaban J connectivity index is 2.50. The first-order valence-corrected chi connectivity index (χ1v) is 8.79. The van der Waals surface area contributed by atoms with Gasteiger partial charge in [-0.3, -0.25) is 0 Å². The molecule has 0 bridgehead atoms. The smallest absolute Gasteiger partial charge is 0.0424 e. The summed E-state index contributed by atoms with van der Waals surface area (Å²) in [5.74, 6) is 0. The van der Waals surface area contributed by atoms with Gasteiger partial charge in [0.1, 0.15) is 0 Å². The van der Waals surface area contributed by atoms with Crippen LogP contribution in [0, 0.1) is 0 Å². The summed E-state index contributed by atoms with van der Waals surface area (Å²) in [7, 11) is 0. The first kappa shape index (κ1) is 16.7. The predicted octanol–water partition coefficient (Wildman–Crippen LogP) is 5.84. The van der Waals surface area contributed by atoms with Crippen LogP contribution in [0.1, 0.15) is 37.9 Å². The minimum absolute atomic E-state index is 0.0133. The van der Waals surface area contributed by atoms with Crippen LogP contribution in [-0.4, -0.2) is 6.54 Å². The summed E-state index contributed by atoms with van der Waals surface area (Å²) in [4.78, 5) is 0. The van der Waals surface area contributed by atoms with Crippen LogP contribution in [0.2, 0.25) is 0 Å². The molecule has 112 valence electrons. The van der Waals surface area contributed by atoms with Crippen molar-refractivity contribution < 1.29 is 0 Å². The topological polar surface area (TPSA) is 12.0 Å². The zero-order valence-electron chi connectivity index (χ0n) is 12.7. The molecule has 0 saturated carbocycles. The summed E-state index contributed by atoms with van der Waals surface area (Å²) in [6, 6.07) is 17.3. The van der Waals surface area contributed by atoms with E-state index in [9.17, 15) is 0 Å². The fourth-order valence-corrected chi connectivity index (χ4v) is 3.58. The summed E-state index contributed by atoms with van der Waals surface area (Å²) in [6.45, 7) is 7.67. The predicted molar refractivity (Wildman–Crippen MR) is 97.7 cm³/mol. The van der Waals surface area contributed by atoms with Crippen molar-refractivity contribution in [2.75, 3.05) is 6.54 Å². The number of hydrogen-bond donors (Lipinski definition) is 1. The molecular formula is C18H21Br2N. The van der Waals surface area contributed by atoms with Crippen molar-refractivity contribution >= 4 is 31.9 Å². The average molecular weight is 411 g/mol. The van der Waals surface area contributed by atoms with Gasteiger partial charge in [-0.05, 0) is 35.9 Å². The lowest BCUT2D eigenvalue weighted by molar-refractivity contribution is 0.353. The SMILES string of the molecule is CCNC(c1cc(Br)ccc1Br)C(C)(C)c1ccccc1. The van der Waals surface area contributed by atoms with Gasteiger partial charge in [0.05, 0.1) is 0 Å². The average Bonchev–Trinajstić information content (AvgIpc) is 2.48. The van der Waals surface area contributed by atoms with Gasteiger partial charge in [0, 0.05) is 20.4 Å². The van der Waals surface area contributed by atoms with E-state index in [0.29, 0.717) is 0 Å². The molecule has 2 aromatic rings. The van der Waals surface area contributed by atoms with Crippen LogP contribution < -0.4 is 5.32 Å². The summed E-state index contributed by atoms with van der Waals surface area (Å²) in [5.41, 5.74) is 2.60. The largest absolute Gasteiger partial charge is 0.309 e. The molecule has 0 aliphatic carbocycles. The number of benzene rings is 2. The number of halogens is 2. The van der Waals surface area contributed by atoms with Crippen LogP contribution in [0.15, 0.2) is 57.5 Å². The molecule has 1 atom stereocenters. The van der Waals surface area contributed by atoms with E-state index in [-0.39, 0.29) is 11.5 Å². The fraction of sp³-hybridized carbons (Fsp3) is 0.333. The van der Waals surface area contributed by atoms with Crippen LogP contribution in [0.4, 0.5) is 0 Å². The highest BCUT2D eigenvalue weighted by atomic mass is 79.9. The molecule has 3 heteroatoms. The second-order valence-electron chi connectivity index (χ2n) is 5.74.